The lowest BCUT2D eigenvalue weighted by atomic mass is 10.1. The number of aromatic nitrogens is 3. The molecule has 1 atom stereocenters. The maximum absolute atomic E-state index is 12.5. The van der Waals surface area contributed by atoms with Crippen molar-refractivity contribution in [3.05, 3.63) is 41.9 Å². The molecule has 1 aliphatic heterocycles. The van der Waals surface area contributed by atoms with Crippen LogP contribution in [0.25, 0.3) is 0 Å². The Balaban J connectivity index is 1.72. The average molecular weight is 426 g/mol. The fourth-order valence-corrected chi connectivity index (χ4v) is 3.06. The van der Waals surface area contributed by atoms with Gasteiger partial charge in [0.1, 0.15) is 6.10 Å². The van der Waals surface area contributed by atoms with E-state index < -0.39 is 12.8 Å². The number of guanidine groups is 1. The Morgan fingerprint density at radius 3 is 2.97 bits per heavy atom. The summed E-state index contributed by atoms with van der Waals surface area (Å²) < 4.78 is 49.9. The van der Waals surface area contributed by atoms with E-state index in [2.05, 4.69) is 25.3 Å². The molecule has 2 aromatic rings. The second-order valence-electron chi connectivity index (χ2n) is 6.79. The van der Waals surface area contributed by atoms with Crippen LogP contribution in [0.3, 0.4) is 0 Å². The van der Waals surface area contributed by atoms with Gasteiger partial charge in [-0.25, -0.2) is 9.98 Å². The Hall–Kier alpha value is -2.82. The first-order chi connectivity index (χ1) is 14.4. The van der Waals surface area contributed by atoms with Gasteiger partial charge in [-0.15, -0.1) is 0 Å². The van der Waals surface area contributed by atoms with E-state index in [1.807, 2.05) is 20.2 Å². The van der Waals surface area contributed by atoms with Gasteiger partial charge in [0.05, 0.1) is 25.9 Å². The van der Waals surface area contributed by atoms with Crippen molar-refractivity contribution in [3.8, 4) is 5.88 Å². The Morgan fingerprint density at radius 2 is 2.27 bits per heavy atom. The van der Waals surface area contributed by atoms with Crippen molar-refractivity contribution in [2.45, 2.75) is 25.7 Å². The minimum absolute atomic E-state index is 0.0652. The molecule has 0 saturated carbocycles. The minimum Gasteiger partial charge on any atom is -0.468 e. The van der Waals surface area contributed by atoms with Crippen LogP contribution in [0, 0.1) is 0 Å². The van der Waals surface area contributed by atoms with Crippen LogP contribution in [0.5, 0.6) is 5.88 Å². The second-order valence-corrected chi connectivity index (χ2v) is 6.79. The molecule has 0 radical (unpaired) electrons. The number of aryl methyl sites for hydroxylation is 1. The number of nitrogens with zero attached hydrogens (tertiary/aromatic N) is 5. The summed E-state index contributed by atoms with van der Waals surface area (Å²) in [4.78, 5) is 10.6. The zero-order valence-electron chi connectivity index (χ0n) is 16.9. The molecule has 1 saturated heterocycles. The molecule has 0 spiro atoms. The van der Waals surface area contributed by atoms with Crippen molar-refractivity contribution in [2.24, 2.45) is 12.0 Å². The number of alkyl halides is 3. The van der Waals surface area contributed by atoms with Crippen LogP contribution >= 0.6 is 0 Å². The lowest BCUT2D eigenvalue weighted by Gasteiger charge is -2.34. The molecule has 3 heterocycles. The lowest BCUT2D eigenvalue weighted by molar-refractivity contribution is -0.154. The van der Waals surface area contributed by atoms with Crippen molar-refractivity contribution in [3.63, 3.8) is 0 Å². The third kappa shape index (κ3) is 6.09. The lowest BCUT2D eigenvalue weighted by Crippen LogP contribution is -2.48. The van der Waals surface area contributed by atoms with Crippen molar-refractivity contribution in [1.29, 1.82) is 0 Å². The van der Waals surface area contributed by atoms with E-state index in [4.69, 9.17) is 9.47 Å². The SMILES string of the molecule is CCNC(=NCc1cccnc1OCC(F)(F)F)N1CCOC(c2cnn(C)c2)C1. The number of aliphatic imine (C=N–C) groups is 1. The smallest absolute Gasteiger partial charge is 0.422 e. The van der Waals surface area contributed by atoms with E-state index in [0.717, 1.165) is 5.56 Å². The number of morpholine rings is 1. The summed E-state index contributed by atoms with van der Waals surface area (Å²) in [6.07, 6.45) is 0.517. The largest absolute Gasteiger partial charge is 0.468 e. The first-order valence-electron chi connectivity index (χ1n) is 9.62. The topological polar surface area (TPSA) is 76.8 Å². The zero-order chi connectivity index (χ0) is 21.6. The first-order valence-corrected chi connectivity index (χ1v) is 9.62. The summed E-state index contributed by atoms with van der Waals surface area (Å²) in [5, 5.41) is 7.42. The molecule has 1 N–H and O–H groups in total. The molecular weight excluding hydrogens is 401 g/mol. The Labute approximate surface area is 172 Å². The number of hydrogen-bond acceptors (Lipinski definition) is 5. The van der Waals surface area contributed by atoms with Gasteiger partial charge in [0, 0.05) is 43.7 Å². The van der Waals surface area contributed by atoms with Gasteiger partial charge in [-0.2, -0.15) is 18.3 Å². The van der Waals surface area contributed by atoms with Gasteiger partial charge in [0.15, 0.2) is 12.6 Å². The summed E-state index contributed by atoms with van der Waals surface area (Å²) in [6, 6.07) is 3.30. The third-order valence-electron chi connectivity index (χ3n) is 4.42. The number of hydrogen-bond donors (Lipinski definition) is 1. The highest BCUT2D eigenvalue weighted by molar-refractivity contribution is 5.80. The van der Waals surface area contributed by atoms with Gasteiger partial charge >= 0.3 is 6.18 Å². The Bertz CT molecular complexity index is 855. The molecule has 0 amide bonds. The molecular formula is C19H25F3N6O2. The number of pyridine rings is 1. The summed E-state index contributed by atoms with van der Waals surface area (Å²) in [5.41, 5.74) is 1.46. The molecule has 0 aromatic carbocycles. The molecule has 0 aliphatic carbocycles. The standard InChI is InChI=1S/C19H25F3N6O2/c1-3-23-18(28-7-8-29-16(12-28)15-10-26-27(2)11-15)25-9-14-5-4-6-24-17(14)30-13-19(20,21)22/h4-6,10-11,16H,3,7-9,12-13H2,1-2H3,(H,23,25). The fourth-order valence-electron chi connectivity index (χ4n) is 3.06. The van der Waals surface area contributed by atoms with Crippen LogP contribution in [0.2, 0.25) is 0 Å². The van der Waals surface area contributed by atoms with E-state index in [1.54, 1.807) is 23.0 Å². The van der Waals surface area contributed by atoms with Crippen LogP contribution in [0.4, 0.5) is 13.2 Å². The molecule has 164 valence electrons. The molecule has 1 aliphatic rings. The summed E-state index contributed by atoms with van der Waals surface area (Å²) >= 11 is 0. The first kappa shape index (κ1) is 21.9. The van der Waals surface area contributed by atoms with Gasteiger partial charge < -0.3 is 19.7 Å². The fraction of sp³-hybridized carbons (Fsp3) is 0.526. The molecule has 3 rings (SSSR count). The summed E-state index contributed by atoms with van der Waals surface area (Å²) in [6.45, 7) is 3.11. The number of nitrogens with one attached hydrogen (secondary N) is 1. The highest BCUT2D eigenvalue weighted by atomic mass is 19.4. The molecule has 8 nitrogen and oxygen atoms in total. The Morgan fingerprint density at radius 1 is 1.43 bits per heavy atom. The van der Waals surface area contributed by atoms with Gasteiger partial charge in [0.25, 0.3) is 0 Å². The van der Waals surface area contributed by atoms with Crippen molar-refractivity contribution in [2.75, 3.05) is 32.8 Å². The van der Waals surface area contributed by atoms with Gasteiger partial charge in [0.2, 0.25) is 5.88 Å². The van der Waals surface area contributed by atoms with Crippen LogP contribution in [-0.4, -0.2) is 64.6 Å². The highest BCUT2D eigenvalue weighted by Crippen LogP contribution is 2.23. The van der Waals surface area contributed by atoms with Crippen LogP contribution in [-0.2, 0) is 18.3 Å². The molecule has 0 bridgehead atoms. The van der Waals surface area contributed by atoms with E-state index in [0.29, 0.717) is 37.8 Å². The molecule has 2 aromatic heterocycles. The molecule has 30 heavy (non-hydrogen) atoms. The van der Waals surface area contributed by atoms with Gasteiger partial charge in [-0.3, -0.25) is 4.68 Å². The van der Waals surface area contributed by atoms with Crippen molar-refractivity contribution >= 4 is 5.96 Å². The highest BCUT2D eigenvalue weighted by Gasteiger charge is 2.29. The monoisotopic (exact) mass is 426 g/mol. The second kappa shape index (κ2) is 9.79. The predicted octanol–water partition coefficient (Wildman–Crippen LogP) is 2.30. The maximum atomic E-state index is 12.5. The van der Waals surface area contributed by atoms with E-state index in [1.165, 1.54) is 6.20 Å². The van der Waals surface area contributed by atoms with E-state index in [9.17, 15) is 13.2 Å². The molecule has 11 heteroatoms. The Kier molecular flexibility index (Phi) is 7.14. The number of rotatable bonds is 6. The van der Waals surface area contributed by atoms with Crippen LogP contribution in [0.15, 0.2) is 35.7 Å². The van der Waals surface area contributed by atoms with Crippen molar-refractivity contribution in [1.82, 2.24) is 25.0 Å². The summed E-state index contributed by atoms with van der Waals surface area (Å²) in [5.74, 6) is 0.588. The van der Waals surface area contributed by atoms with Gasteiger partial charge in [-0.1, -0.05) is 6.07 Å². The van der Waals surface area contributed by atoms with E-state index in [-0.39, 0.29) is 18.5 Å². The van der Waals surface area contributed by atoms with Crippen LogP contribution in [0.1, 0.15) is 24.2 Å². The predicted molar refractivity (Wildman–Crippen MR) is 104 cm³/mol. The number of ether oxygens (including phenoxy) is 2. The average Bonchev–Trinajstić information content (AvgIpc) is 3.16. The van der Waals surface area contributed by atoms with Crippen LogP contribution < -0.4 is 10.1 Å². The number of halogens is 3. The van der Waals surface area contributed by atoms with Gasteiger partial charge in [-0.05, 0) is 13.0 Å². The molecule has 1 unspecified atom stereocenters. The third-order valence-corrected chi connectivity index (χ3v) is 4.42. The zero-order valence-corrected chi connectivity index (χ0v) is 16.9. The minimum atomic E-state index is -4.43. The maximum Gasteiger partial charge on any atom is 0.422 e. The normalized spacial score (nSPS) is 17.8. The van der Waals surface area contributed by atoms with E-state index >= 15 is 0 Å². The molecule has 1 fully saturated rings. The van der Waals surface area contributed by atoms with Crippen molar-refractivity contribution < 1.29 is 22.6 Å². The quantitative estimate of drug-likeness (QED) is 0.564. The summed E-state index contributed by atoms with van der Waals surface area (Å²) in [7, 11) is 1.85.